The monoisotopic (exact) mass is 499 g/mol. The molecule has 0 aliphatic rings. The Morgan fingerprint density at radius 3 is 2.25 bits per heavy atom. The Morgan fingerprint density at radius 1 is 1.06 bits per heavy atom. The number of rotatable bonds is 9. The van der Waals surface area contributed by atoms with Crippen molar-refractivity contribution < 1.29 is 18.0 Å². The van der Waals surface area contributed by atoms with Crippen molar-refractivity contribution in [3.63, 3.8) is 0 Å². The molecule has 0 radical (unpaired) electrons. The normalized spacial score (nSPS) is 12.5. The molecule has 0 unspecified atom stereocenters. The number of sulfonamides is 1. The van der Waals surface area contributed by atoms with Gasteiger partial charge >= 0.3 is 0 Å². The lowest BCUT2D eigenvalue weighted by molar-refractivity contribution is -0.140. The molecule has 2 aromatic carbocycles. The van der Waals surface area contributed by atoms with Gasteiger partial charge in [0.1, 0.15) is 6.04 Å². The van der Waals surface area contributed by atoms with Crippen LogP contribution in [0, 0.1) is 6.92 Å². The van der Waals surface area contributed by atoms with Gasteiger partial charge in [0.05, 0.1) is 21.5 Å². The molecule has 0 saturated heterocycles. The maximum Gasteiger partial charge on any atom is 0.243 e. The van der Waals surface area contributed by atoms with E-state index < -0.39 is 28.5 Å². The van der Waals surface area contributed by atoms with Crippen LogP contribution in [0.15, 0.2) is 47.4 Å². The van der Waals surface area contributed by atoms with Crippen molar-refractivity contribution in [3.05, 3.63) is 63.6 Å². The summed E-state index contributed by atoms with van der Waals surface area (Å²) in [6.07, 6.45) is 0. The first-order valence-corrected chi connectivity index (χ1v) is 12.2. The van der Waals surface area contributed by atoms with Gasteiger partial charge in [-0.3, -0.25) is 9.59 Å². The SMILES string of the molecule is CCNC(=O)[C@H](C)N(Cc1ccc(Cl)c(Cl)c1)C(=O)CN(C)S(=O)(=O)c1ccc(C)cc1. The maximum atomic E-state index is 13.2. The third kappa shape index (κ3) is 6.45. The lowest BCUT2D eigenvalue weighted by Crippen LogP contribution is -2.50. The van der Waals surface area contributed by atoms with Crippen LogP contribution in [0.25, 0.3) is 0 Å². The molecule has 2 amide bonds. The fourth-order valence-electron chi connectivity index (χ4n) is 3.00. The van der Waals surface area contributed by atoms with Crippen LogP contribution in [-0.2, 0) is 26.2 Å². The molecule has 0 bridgehead atoms. The maximum absolute atomic E-state index is 13.2. The number of nitrogens with zero attached hydrogens (tertiary/aromatic N) is 2. The number of benzene rings is 2. The Labute approximate surface area is 199 Å². The molecule has 0 heterocycles. The second-order valence-corrected chi connectivity index (χ2v) is 10.3. The molecular weight excluding hydrogens is 473 g/mol. The standard InChI is InChI=1S/C22H27Cl2N3O4S/c1-5-25-22(29)16(3)27(13-17-8-11-19(23)20(24)12-17)21(28)14-26(4)32(30,31)18-9-6-15(2)7-10-18/h6-12,16H,5,13-14H2,1-4H3,(H,25,29)/t16-/m0/s1. The van der Waals surface area contributed by atoms with Crippen LogP contribution < -0.4 is 5.32 Å². The summed E-state index contributed by atoms with van der Waals surface area (Å²) in [5, 5.41) is 3.38. The number of nitrogens with one attached hydrogen (secondary N) is 1. The third-order valence-electron chi connectivity index (χ3n) is 4.94. The highest BCUT2D eigenvalue weighted by Crippen LogP contribution is 2.24. The minimum absolute atomic E-state index is 0.0619. The minimum atomic E-state index is -3.88. The van der Waals surface area contributed by atoms with Crippen LogP contribution >= 0.6 is 23.2 Å². The van der Waals surface area contributed by atoms with Gasteiger partial charge in [0, 0.05) is 20.1 Å². The van der Waals surface area contributed by atoms with Crippen LogP contribution in [-0.4, -0.2) is 55.6 Å². The summed E-state index contributed by atoms with van der Waals surface area (Å²) in [5.74, 6) is -0.863. The molecule has 0 aromatic heterocycles. The van der Waals surface area contributed by atoms with Crippen LogP contribution in [0.3, 0.4) is 0 Å². The zero-order chi connectivity index (χ0) is 24.1. The van der Waals surface area contributed by atoms with Gasteiger partial charge in [0.2, 0.25) is 21.8 Å². The van der Waals surface area contributed by atoms with E-state index in [0.717, 1.165) is 9.87 Å². The highest BCUT2D eigenvalue weighted by molar-refractivity contribution is 7.89. The number of aryl methyl sites for hydroxylation is 1. The van der Waals surface area contributed by atoms with E-state index in [4.69, 9.17) is 23.2 Å². The summed E-state index contributed by atoms with van der Waals surface area (Å²) in [5.41, 5.74) is 1.58. The van der Waals surface area contributed by atoms with Crippen molar-refractivity contribution in [1.29, 1.82) is 0 Å². The van der Waals surface area contributed by atoms with E-state index in [-0.39, 0.29) is 17.3 Å². The van der Waals surface area contributed by atoms with E-state index in [1.165, 1.54) is 24.1 Å². The summed E-state index contributed by atoms with van der Waals surface area (Å²) in [7, 11) is -2.54. The minimum Gasteiger partial charge on any atom is -0.355 e. The van der Waals surface area contributed by atoms with Gasteiger partial charge in [-0.05, 0) is 50.6 Å². The van der Waals surface area contributed by atoms with Gasteiger partial charge in [-0.25, -0.2) is 8.42 Å². The summed E-state index contributed by atoms with van der Waals surface area (Å²) in [6, 6.07) is 10.5. The number of carbonyl (C=O) groups is 2. The summed E-state index contributed by atoms with van der Waals surface area (Å²) in [4.78, 5) is 27.0. The lowest BCUT2D eigenvalue weighted by Gasteiger charge is -2.30. The van der Waals surface area contributed by atoms with Crippen LogP contribution in [0.2, 0.25) is 10.0 Å². The fourth-order valence-corrected chi connectivity index (χ4v) is 4.44. The molecule has 7 nitrogen and oxygen atoms in total. The predicted octanol–water partition coefficient (Wildman–Crippen LogP) is 3.48. The number of halogens is 2. The predicted molar refractivity (Wildman–Crippen MR) is 126 cm³/mol. The largest absolute Gasteiger partial charge is 0.355 e. The van der Waals surface area contributed by atoms with E-state index in [1.807, 2.05) is 6.92 Å². The summed E-state index contributed by atoms with van der Waals surface area (Å²) >= 11 is 12.1. The molecule has 0 aliphatic carbocycles. The molecule has 1 atom stereocenters. The highest BCUT2D eigenvalue weighted by atomic mass is 35.5. The van der Waals surface area contributed by atoms with Crippen molar-refractivity contribution in [2.75, 3.05) is 20.1 Å². The fraction of sp³-hybridized carbons (Fsp3) is 0.364. The number of hydrogen-bond acceptors (Lipinski definition) is 4. The zero-order valence-corrected chi connectivity index (χ0v) is 20.8. The lowest BCUT2D eigenvalue weighted by atomic mass is 10.1. The molecular formula is C22H27Cl2N3O4S. The van der Waals surface area contributed by atoms with Gasteiger partial charge in [0.25, 0.3) is 0 Å². The molecule has 0 fully saturated rings. The topological polar surface area (TPSA) is 86.8 Å². The molecule has 0 saturated carbocycles. The van der Waals surface area contributed by atoms with Crippen molar-refractivity contribution in [2.24, 2.45) is 0 Å². The number of carbonyl (C=O) groups excluding carboxylic acids is 2. The van der Waals surface area contributed by atoms with Gasteiger partial charge in [-0.2, -0.15) is 4.31 Å². The molecule has 0 spiro atoms. The Kier molecular flexibility index (Phi) is 9.09. The van der Waals surface area contributed by atoms with E-state index in [1.54, 1.807) is 44.2 Å². The molecule has 2 aromatic rings. The second-order valence-electron chi connectivity index (χ2n) is 7.41. The van der Waals surface area contributed by atoms with E-state index in [0.29, 0.717) is 22.2 Å². The second kappa shape index (κ2) is 11.1. The number of amides is 2. The van der Waals surface area contributed by atoms with Gasteiger partial charge < -0.3 is 10.2 Å². The zero-order valence-electron chi connectivity index (χ0n) is 18.4. The Hall–Kier alpha value is -2.13. The van der Waals surface area contributed by atoms with E-state index >= 15 is 0 Å². The molecule has 0 aliphatic heterocycles. The van der Waals surface area contributed by atoms with Crippen molar-refractivity contribution in [3.8, 4) is 0 Å². The van der Waals surface area contributed by atoms with Crippen molar-refractivity contribution in [2.45, 2.75) is 38.3 Å². The van der Waals surface area contributed by atoms with Crippen molar-refractivity contribution in [1.82, 2.24) is 14.5 Å². The summed E-state index contributed by atoms with van der Waals surface area (Å²) in [6.45, 7) is 5.26. The smallest absolute Gasteiger partial charge is 0.243 e. The molecule has 174 valence electrons. The van der Waals surface area contributed by atoms with Crippen LogP contribution in [0.1, 0.15) is 25.0 Å². The van der Waals surface area contributed by atoms with Gasteiger partial charge in [0.15, 0.2) is 0 Å². The average molecular weight is 500 g/mol. The first-order valence-electron chi connectivity index (χ1n) is 10.0. The Morgan fingerprint density at radius 2 is 1.69 bits per heavy atom. The molecule has 10 heteroatoms. The van der Waals surface area contributed by atoms with Crippen LogP contribution in [0.4, 0.5) is 0 Å². The van der Waals surface area contributed by atoms with E-state index in [2.05, 4.69) is 5.32 Å². The first-order chi connectivity index (χ1) is 15.0. The average Bonchev–Trinajstić information content (AvgIpc) is 2.74. The number of likely N-dealkylation sites (N-methyl/N-ethyl adjacent to an activating group) is 2. The molecule has 2 rings (SSSR count). The quantitative estimate of drug-likeness (QED) is 0.571. The van der Waals surface area contributed by atoms with E-state index in [9.17, 15) is 18.0 Å². The Bertz CT molecular complexity index is 1080. The third-order valence-corrected chi connectivity index (χ3v) is 7.50. The Balaban J connectivity index is 2.28. The van der Waals surface area contributed by atoms with Crippen LogP contribution in [0.5, 0.6) is 0 Å². The van der Waals surface area contributed by atoms with Gasteiger partial charge in [-0.1, -0.05) is 47.0 Å². The highest BCUT2D eigenvalue weighted by Gasteiger charge is 2.30. The summed E-state index contributed by atoms with van der Waals surface area (Å²) < 4.78 is 26.8. The first kappa shape index (κ1) is 26.1. The molecule has 1 N–H and O–H groups in total. The number of hydrogen-bond donors (Lipinski definition) is 1. The molecule has 32 heavy (non-hydrogen) atoms. The van der Waals surface area contributed by atoms with Crippen molar-refractivity contribution >= 4 is 45.0 Å². The van der Waals surface area contributed by atoms with Gasteiger partial charge in [-0.15, -0.1) is 0 Å².